The van der Waals surface area contributed by atoms with Crippen molar-refractivity contribution in [3.05, 3.63) is 83.6 Å². The second-order valence-corrected chi connectivity index (χ2v) is 6.12. The van der Waals surface area contributed by atoms with Gasteiger partial charge >= 0.3 is 0 Å². The molecule has 0 fully saturated rings. The molecule has 2 atom stereocenters. The smallest absolute Gasteiger partial charge is 0.134 e. The average molecular weight is 337 g/mol. The van der Waals surface area contributed by atoms with Gasteiger partial charge in [0, 0.05) is 12.1 Å². The Hall–Kier alpha value is -2.40. The van der Waals surface area contributed by atoms with E-state index in [-0.39, 0.29) is 0 Å². The number of hydrogen-bond acceptors (Lipinski definition) is 4. The van der Waals surface area contributed by atoms with Crippen molar-refractivity contribution in [1.29, 1.82) is 0 Å². The minimum atomic E-state index is -0.538. The van der Waals surface area contributed by atoms with Crippen LogP contribution in [-0.4, -0.2) is 16.8 Å². The van der Waals surface area contributed by atoms with E-state index >= 15 is 0 Å². The fourth-order valence-electron chi connectivity index (χ4n) is 2.68. The maximum absolute atomic E-state index is 10.1. The molecule has 3 aromatic rings. The molecule has 0 saturated carbocycles. The zero-order chi connectivity index (χ0) is 17.6. The van der Waals surface area contributed by atoms with Crippen LogP contribution >= 0.6 is 0 Å². The molecule has 130 valence electrons. The monoisotopic (exact) mass is 337 g/mol. The first-order valence-electron chi connectivity index (χ1n) is 8.44. The number of nitrogens with one attached hydrogen (secondary N) is 1. The van der Waals surface area contributed by atoms with E-state index in [9.17, 15) is 10.2 Å². The molecular formula is C21H23NO3. The van der Waals surface area contributed by atoms with Crippen molar-refractivity contribution >= 4 is 0 Å². The summed E-state index contributed by atoms with van der Waals surface area (Å²) < 4.78 is 5.85. The topological polar surface area (TPSA) is 65.6 Å². The van der Waals surface area contributed by atoms with Crippen LogP contribution in [0.5, 0.6) is 0 Å². The summed E-state index contributed by atoms with van der Waals surface area (Å²) in [5.41, 5.74) is 2.75. The van der Waals surface area contributed by atoms with Crippen molar-refractivity contribution in [2.45, 2.75) is 25.7 Å². The lowest BCUT2D eigenvalue weighted by Crippen LogP contribution is -2.20. The predicted molar refractivity (Wildman–Crippen MR) is 97.9 cm³/mol. The molecule has 1 aromatic heterocycles. The van der Waals surface area contributed by atoms with E-state index < -0.39 is 12.2 Å². The molecule has 0 spiro atoms. The van der Waals surface area contributed by atoms with Crippen LogP contribution in [0, 0.1) is 0 Å². The Kier molecular flexibility index (Phi) is 5.66. The Morgan fingerprint density at radius 3 is 2.28 bits per heavy atom. The molecule has 4 nitrogen and oxygen atoms in total. The van der Waals surface area contributed by atoms with Gasteiger partial charge in [-0.1, -0.05) is 54.6 Å². The van der Waals surface area contributed by atoms with Gasteiger partial charge in [-0.2, -0.15) is 0 Å². The molecule has 0 saturated heterocycles. The summed E-state index contributed by atoms with van der Waals surface area (Å²) in [5, 5.41) is 22.9. The van der Waals surface area contributed by atoms with Crippen LogP contribution in [0.2, 0.25) is 0 Å². The standard InChI is InChI=1S/C21H23NO3/c1-15(23)16-7-9-18(10-8-16)21-12-11-19(25-21)13-22-14-20(24)17-5-3-2-4-6-17/h2-12,15,20,22-24H,13-14H2,1H3/t15-,20-/m1/s1. The summed E-state index contributed by atoms with van der Waals surface area (Å²) in [4.78, 5) is 0. The zero-order valence-corrected chi connectivity index (χ0v) is 14.2. The van der Waals surface area contributed by atoms with Crippen LogP contribution < -0.4 is 5.32 Å². The molecule has 0 aliphatic heterocycles. The number of rotatable bonds is 7. The SMILES string of the molecule is C[C@@H](O)c1ccc(-c2ccc(CNC[C@@H](O)c3ccccc3)o2)cc1. The van der Waals surface area contributed by atoms with Crippen LogP contribution in [0.25, 0.3) is 11.3 Å². The van der Waals surface area contributed by atoms with Gasteiger partial charge in [0.1, 0.15) is 11.5 Å². The predicted octanol–water partition coefficient (Wildman–Crippen LogP) is 3.82. The van der Waals surface area contributed by atoms with Gasteiger partial charge in [-0.15, -0.1) is 0 Å². The lowest BCUT2D eigenvalue weighted by molar-refractivity contribution is 0.173. The molecule has 0 aliphatic rings. The normalized spacial score (nSPS) is 13.6. The highest BCUT2D eigenvalue weighted by molar-refractivity contribution is 5.58. The third-order valence-corrected chi connectivity index (χ3v) is 4.16. The summed E-state index contributed by atoms with van der Waals surface area (Å²) in [6, 6.07) is 21.1. The van der Waals surface area contributed by atoms with Gasteiger partial charge in [-0.25, -0.2) is 0 Å². The molecule has 0 aliphatic carbocycles. The van der Waals surface area contributed by atoms with E-state index in [1.165, 1.54) is 0 Å². The first kappa shape index (κ1) is 17.4. The molecule has 1 heterocycles. The number of benzene rings is 2. The second kappa shape index (κ2) is 8.12. The minimum absolute atomic E-state index is 0.461. The fraction of sp³-hybridized carbons (Fsp3) is 0.238. The van der Waals surface area contributed by atoms with Crippen LogP contribution in [0.15, 0.2) is 71.1 Å². The molecule has 0 amide bonds. The highest BCUT2D eigenvalue weighted by atomic mass is 16.3. The molecule has 25 heavy (non-hydrogen) atoms. The summed E-state index contributed by atoms with van der Waals surface area (Å²) in [6.45, 7) is 2.76. The van der Waals surface area contributed by atoms with Crippen LogP contribution in [-0.2, 0) is 6.54 Å². The number of furan rings is 1. The third kappa shape index (κ3) is 4.57. The first-order valence-corrected chi connectivity index (χ1v) is 8.44. The number of hydrogen-bond donors (Lipinski definition) is 3. The van der Waals surface area contributed by atoms with Crippen LogP contribution in [0.3, 0.4) is 0 Å². The first-order chi connectivity index (χ1) is 12.1. The van der Waals surface area contributed by atoms with Crippen molar-refractivity contribution in [2.75, 3.05) is 6.54 Å². The molecule has 3 N–H and O–H groups in total. The highest BCUT2D eigenvalue weighted by Crippen LogP contribution is 2.24. The second-order valence-electron chi connectivity index (χ2n) is 6.12. The molecule has 2 aromatic carbocycles. The Labute approximate surface area is 147 Å². The van der Waals surface area contributed by atoms with E-state index in [1.807, 2.05) is 66.7 Å². The van der Waals surface area contributed by atoms with Crippen LogP contribution in [0.4, 0.5) is 0 Å². The van der Waals surface area contributed by atoms with E-state index in [0.717, 1.165) is 28.2 Å². The molecule has 0 bridgehead atoms. The summed E-state index contributed by atoms with van der Waals surface area (Å²) >= 11 is 0. The lowest BCUT2D eigenvalue weighted by atomic mass is 10.1. The quantitative estimate of drug-likeness (QED) is 0.613. The van der Waals surface area contributed by atoms with E-state index in [4.69, 9.17) is 4.42 Å². The molecular weight excluding hydrogens is 314 g/mol. The Balaban J connectivity index is 1.55. The van der Waals surface area contributed by atoms with E-state index in [2.05, 4.69) is 5.32 Å². The average Bonchev–Trinajstić information content (AvgIpc) is 3.11. The van der Waals surface area contributed by atoms with Gasteiger partial charge in [0.2, 0.25) is 0 Å². The highest BCUT2D eigenvalue weighted by Gasteiger charge is 2.09. The van der Waals surface area contributed by atoms with Crippen molar-refractivity contribution < 1.29 is 14.6 Å². The molecule has 3 rings (SSSR count). The van der Waals surface area contributed by atoms with Gasteiger partial charge in [0.15, 0.2) is 0 Å². The Bertz CT molecular complexity index is 778. The third-order valence-electron chi connectivity index (χ3n) is 4.16. The largest absolute Gasteiger partial charge is 0.460 e. The Morgan fingerprint density at radius 2 is 1.60 bits per heavy atom. The zero-order valence-electron chi connectivity index (χ0n) is 14.2. The van der Waals surface area contributed by atoms with Gasteiger partial charge in [-0.05, 0) is 30.2 Å². The van der Waals surface area contributed by atoms with Gasteiger partial charge in [-0.3, -0.25) is 0 Å². The van der Waals surface area contributed by atoms with Gasteiger partial charge in [0.05, 0.1) is 18.8 Å². The maximum atomic E-state index is 10.1. The van der Waals surface area contributed by atoms with Gasteiger partial charge in [0.25, 0.3) is 0 Å². The minimum Gasteiger partial charge on any atom is -0.460 e. The van der Waals surface area contributed by atoms with Crippen molar-refractivity contribution in [3.63, 3.8) is 0 Å². The maximum Gasteiger partial charge on any atom is 0.134 e. The molecule has 4 heteroatoms. The lowest BCUT2D eigenvalue weighted by Gasteiger charge is -2.11. The van der Waals surface area contributed by atoms with E-state index in [1.54, 1.807) is 6.92 Å². The van der Waals surface area contributed by atoms with Crippen molar-refractivity contribution in [3.8, 4) is 11.3 Å². The number of aliphatic hydroxyl groups is 2. The molecule has 0 radical (unpaired) electrons. The van der Waals surface area contributed by atoms with Crippen LogP contribution in [0.1, 0.15) is 36.0 Å². The number of aliphatic hydroxyl groups excluding tert-OH is 2. The van der Waals surface area contributed by atoms with Crippen molar-refractivity contribution in [2.24, 2.45) is 0 Å². The van der Waals surface area contributed by atoms with Crippen molar-refractivity contribution in [1.82, 2.24) is 5.32 Å². The Morgan fingerprint density at radius 1 is 0.880 bits per heavy atom. The summed E-state index contributed by atoms with van der Waals surface area (Å²) in [5.74, 6) is 1.60. The van der Waals surface area contributed by atoms with Gasteiger partial charge < -0.3 is 19.9 Å². The van der Waals surface area contributed by atoms with E-state index in [0.29, 0.717) is 13.1 Å². The molecule has 0 unspecified atom stereocenters. The summed E-state index contributed by atoms with van der Waals surface area (Å²) in [7, 11) is 0. The fourth-order valence-corrected chi connectivity index (χ4v) is 2.68. The summed E-state index contributed by atoms with van der Waals surface area (Å²) in [6.07, 6.45) is -1.01.